The molecule has 20 heavy (non-hydrogen) atoms. The number of anilines is 2. The van der Waals surface area contributed by atoms with Gasteiger partial charge in [-0.3, -0.25) is 4.98 Å². The SMILES string of the molecule is CCCc1c(NC)ncnc1NCc1ncccc1C. The standard InChI is InChI=1S/C15H21N5/c1-4-6-12-14(16-3)19-10-20-15(12)18-9-13-11(2)7-5-8-17-13/h5,7-8,10H,4,6,9H2,1-3H3,(H2,16,18,19,20). The summed E-state index contributed by atoms with van der Waals surface area (Å²) < 4.78 is 0. The van der Waals surface area contributed by atoms with Crippen LogP contribution in [0.2, 0.25) is 0 Å². The lowest BCUT2D eigenvalue weighted by Crippen LogP contribution is -2.10. The predicted octanol–water partition coefficient (Wildman–Crippen LogP) is 2.79. The van der Waals surface area contributed by atoms with Gasteiger partial charge in [0, 0.05) is 18.8 Å². The predicted molar refractivity (Wildman–Crippen MR) is 81.9 cm³/mol. The highest BCUT2D eigenvalue weighted by atomic mass is 15.1. The van der Waals surface area contributed by atoms with Gasteiger partial charge < -0.3 is 10.6 Å². The van der Waals surface area contributed by atoms with Crippen LogP contribution in [0.25, 0.3) is 0 Å². The van der Waals surface area contributed by atoms with Crippen molar-refractivity contribution in [3.63, 3.8) is 0 Å². The summed E-state index contributed by atoms with van der Waals surface area (Å²) in [5, 5.41) is 6.50. The molecule has 5 nitrogen and oxygen atoms in total. The zero-order chi connectivity index (χ0) is 14.4. The fourth-order valence-electron chi connectivity index (χ4n) is 2.14. The summed E-state index contributed by atoms with van der Waals surface area (Å²) in [6.45, 7) is 4.89. The maximum atomic E-state index is 4.39. The van der Waals surface area contributed by atoms with Crippen molar-refractivity contribution >= 4 is 11.6 Å². The summed E-state index contributed by atoms with van der Waals surface area (Å²) in [5.74, 6) is 1.78. The minimum absolute atomic E-state index is 0.670. The number of hydrogen-bond donors (Lipinski definition) is 2. The van der Waals surface area contributed by atoms with Crippen LogP contribution in [0.1, 0.15) is 30.2 Å². The molecule has 2 aromatic heterocycles. The average molecular weight is 271 g/mol. The van der Waals surface area contributed by atoms with Crippen molar-refractivity contribution in [2.45, 2.75) is 33.2 Å². The topological polar surface area (TPSA) is 62.7 Å². The van der Waals surface area contributed by atoms with E-state index in [2.05, 4.69) is 45.5 Å². The Morgan fingerprint density at radius 3 is 2.65 bits per heavy atom. The van der Waals surface area contributed by atoms with E-state index >= 15 is 0 Å². The van der Waals surface area contributed by atoms with Gasteiger partial charge in [-0.15, -0.1) is 0 Å². The number of rotatable bonds is 6. The van der Waals surface area contributed by atoms with Crippen molar-refractivity contribution in [1.82, 2.24) is 15.0 Å². The summed E-state index contributed by atoms with van der Waals surface area (Å²) in [6, 6.07) is 4.01. The molecular weight excluding hydrogens is 250 g/mol. The van der Waals surface area contributed by atoms with E-state index in [1.807, 2.05) is 19.3 Å². The van der Waals surface area contributed by atoms with Crippen molar-refractivity contribution in [2.24, 2.45) is 0 Å². The van der Waals surface area contributed by atoms with Gasteiger partial charge in [-0.05, 0) is 25.0 Å². The maximum Gasteiger partial charge on any atom is 0.135 e. The molecule has 0 aromatic carbocycles. The van der Waals surface area contributed by atoms with E-state index in [4.69, 9.17) is 0 Å². The van der Waals surface area contributed by atoms with Gasteiger partial charge in [0.25, 0.3) is 0 Å². The molecule has 106 valence electrons. The molecule has 2 heterocycles. The third-order valence-corrected chi connectivity index (χ3v) is 3.22. The third-order valence-electron chi connectivity index (χ3n) is 3.22. The minimum Gasteiger partial charge on any atom is -0.373 e. The highest BCUT2D eigenvalue weighted by molar-refractivity contribution is 5.57. The van der Waals surface area contributed by atoms with Crippen LogP contribution in [0.4, 0.5) is 11.6 Å². The van der Waals surface area contributed by atoms with E-state index in [9.17, 15) is 0 Å². The van der Waals surface area contributed by atoms with Gasteiger partial charge in [-0.25, -0.2) is 9.97 Å². The van der Waals surface area contributed by atoms with E-state index < -0.39 is 0 Å². The Bertz CT molecular complexity index is 568. The molecule has 0 saturated heterocycles. The third kappa shape index (κ3) is 3.23. The molecule has 5 heteroatoms. The Hall–Kier alpha value is -2.17. The number of nitrogens with one attached hydrogen (secondary N) is 2. The summed E-state index contributed by atoms with van der Waals surface area (Å²) in [7, 11) is 1.88. The first kappa shape index (κ1) is 14.2. The molecule has 0 unspecified atom stereocenters. The number of pyridine rings is 1. The quantitative estimate of drug-likeness (QED) is 0.846. The summed E-state index contributed by atoms with van der Waals surface area (Å²) in [5.41, 5.74) is 3.35. The number of aromatic nitrogens is 3. The molecule has 0 fully saturated rings. The highest BCUT2D eigenvalue weighted by Crippen LogP contribution is 2.21. The van der Waals surface area contributed by atoms with Crippen LogP contribution in [0, 0.1) is 6.92 Å². The molecule has 0 saturated carbocycles. The van der Waals surface area contributed by atoms with Crippen molar-refractivity contribution in [2.75, 3.05) is 17.7 Å². The van der Waals surface area contributed by atoms with Gasteiger partial charge in [0.15, 0.2) is 0 Å². The highest BCUT2D eigenvalue weighted by Gasteiger charge is 2.10. The van der Waals surface area contributed by atoms with Crippen LogP contribution < -0.4 is 10.6 Å². The second-order valence-electron chi connectivity index (χ2n) is 4.67. The van der Waals surface area contributed by atoms with Crippen molar-refractivity contribution < 1.29 is 0 Å². The molecule has 0 spiro atoms. The molecule has 0 atom stereocenters. The molecule has 2 N–H and O–H groups in total. The zero-order valence-electron chi connectivity index (χ0n) is 12.3. The van der Waals surface area contributed by atoms with E-state index in [-0.39, 0.29) is 0 Å². The van der Waals surface area contributed by atoms with Gasteiger partial charge in [0.2, 0.25) is 0 Å². The lowest BCUT2D eigenvalue weighted by Gasteiger charge is -2.14. The van der Waals surface area contributed by atoms with Crippen LogP contribution in [-0.2, 0) is 13.0 Å². The van der Waals surface area contributed by atoms with Crippen LogP contribution in [0.5, 0.6) is 0 Å². The van der Waals surface area contributed by atoms with Crippen molar-refractivity contribution in [1.29, 1.82) is 0 Å². The van der Waals surface area contributed by atoms with Gasteiger partial charge in [-0.2, -0.15) is 0 Å². The molecule has 0 bridgehead atoms. The van der Waals surface area contributed by atoms with E-state index in [1.54, 1.807) is 6.33 Å². The molecule has 0 aliphatic heterocycles. The summed E-state index contributed by atoms with van der Waals surface area (Å²) in [4.78, 5) is 13.0. The molecule has 2 rings (SSSR count). The zero-order valence-corrected chi connectivity index (χ0v) is 12.3. The molecular formula is C15H21N5. The van der Waals surface area contributed by atoms with Crippen molar-refractivity contribution in [3.05, 3.63) is 41.5 Å². The minimum atomic E-state index is 0.670. The smallest absolute Gasteiger partial charge is 0.135 e. The lowest BCUT2D eigenvalue weighted by molar-refractivity contribution is 0.895. The van der Waals surface area contributed by atoms with Gasteiger partial charge in [0.05, 0.1) is 12.2 Å². The first-order valence-electron chi connectivity index (χ1n) is 6.92. The Morgan fingerprint density at radius 1 is 1.15 bits per heavy atom. The Morgan fingerprint density at radius 2 is 1.95 bits per heavy atom. The van der Waals surface area contributed by atoms with Gasteiger partial charge in [0.1, 0.15) is 18.0 Å². The summed E-state index contributed by atoms with van der Waals surface area (Å²) >= 11 is 0. The molecule has 2 aromatic rings. The van der Waals surface area contributed by atoms with E-state index in [1.165, 1.54) is 5.56 Å². The number of hydrogen-bond acceptors (Lipinski definition) is 5. The van der Waals surface area contributed by atoms with Crippen LogP contribution in [0.15, 0.2) is 24.7 Å². The molecule has 0 radical (unpaired) electrons. The Balaban J connectivity index is 2.19. The van der Waals surface area contributed by atoms with Crippen LogP contribution in [-0.4, -0.2) is 22.0 Å². The first-order valence-corrected chi connectivity index (χ1v) is 6.92. The lowest BCUT2D eigenvalue weighted by atomic mass is 10.1. The summed E-state index contributed by atoms with van der Waals surface area (Å²) in [6.07, 6.45) is 5.40. The Kier molecular flexibility index (Phi) is 4.87. The normalized spacial score (nSPS) is 10.3. The molecule has 0 aliphatic carbocycles. The largest absolute Gasteiger partial charge is 0.373 e. The molecule has 0 amide bonds. The van der Waals surface area contributed by atoms with Gasteiger partial charge in [-0.1, -0.05) is 19.4 Å². The number of aryl methyl sites for hydroxylation is 1. The maximum absolute atomic E-state index is 4.39. The monoisotopic (exact) mass is 271 g/mol. The van der Waals surface area contributed by atoms with Crippen molar-refractivity contribution in [3.8, 4) is 0 Å². The first-order chi connectivity index (χ1) is 9.76. The Labute approximate surface area is 119 Å². The fraction of sp³-hybridized carbons (Fsp3) is 0.400. The van der Waals surface area contributed by atoms with Gasteiger partial charge >= 0.3 is 0 Å². The fourth-order valence-corrected chi connectivity index (χ4v) is 2.14. The molecule has 0 aliphatic rings. The second-order valence-corrected chi connectivity index (χ2v) is 4.67. The second kappa shape index (κ2) is 6.84. The van der Waals surface area contributed by atoms with Crippen LogP contribution >= 0.6 is 0 Å². The van der Waals surface area contributed by atoms with Crippen LogP contribution in [0.3, 0.4) is 0 Å². The van der Waals surface area contributed by atoms with E-state index in [0.29, 0.717) is 6.54 Å². The van der Waals surface area contributed by atoms with E-state index in [0.717, 1.165) is 35.7 Å². The number of nitrogens with zero attached hydrogens (tertiary/aromatic N) is 3. The average Bonchev–Trinajstić information content (AvgIpc) is 2.47.